The fourth-order valence-corrected chi connectivity index (χ4v) is 2.82. The second-order valence-corrected chi connectivity index (χ2v) is 6.80. The molecule has 0 aliphatic carbocycles. The molecule has 0 saturated heterocycles. The first kappa shape index (κ1) is 23.2. The number of methoxy groups -OCH3 is 1. The molecule has 9 heteroatoms. The van der Waals surface area contributed by atoms with Gasteiger partial charge in [-0.15, -0.1) is 0 Å². The molecule has 30 heavy (non-hydrogen) atoms. The van der Waals surface area contributed by atoms with Gasteiger partial charge >= 0.3 is 12.1 Å². The zero-order valence-corrected chi connectivity index (χ0v) is 17.1. The molecule has 0 spiro atoms. The number of halogens is 1. The molecule has 0 aromatic heterocycles. The Balaban J connectivity index is 1.95. The maximum Gasteiger partial charge on any atom is 0.408 e. The molecule has 0 aliphatic heterocycles. The molecule has 2 atom stereocenters. The van der Waals surface area contributed by atoms with Crippen molar-refractivity contribution in [3.8, 4) is 0 Å². The first-order valence-electron chi connectivity index (χ1n) is 9.13. The standard InChI is InChI=1S/C21H23ClN2O6/c1-29-20(27)17(11-15-8-5-9-16(22)10-15)23-19(26)18(12-25)24-21(28)30-13-14-6-3-2-4-7-14/h2-10,17-18,25H,11-13H2,1H3,(H,23,26)(H,24,28)/t17-,18-/m0/s1. The summed E-state index contributed by atoms with van der Waals surface area (Å²) in [5, 5.41) is 14.7. The minimum Gasteiger partial charge on any atom is -0.467 e. The van der Waals surface area contributed by atoms with Crippen molar-refractivity contribution in [3.63, 3.8) is 0 Å². The fourth-order valence-electron chi connectivity index (χ4n) is 2.61. The van der Waals surface area contributed by atoms with E-state index < -0.39 is 36.7 Å². The third kappa shape index (κ3) is 7.38. The van der Waals surface area contributed by atoms with E-state index in [9.17, 15) is 19.5 Å². The predicted molar refractivity (Wildman–Crippen MR) is 110 cm³/mol. The normalized spacial score (nSPS) is 12.4. The van der Waals surface area contributed by atoms with E-state index in [4.69, 9.17) is 21.1 Å². The van der Waals surface area contributed by atoms with E-state index >= 15 is 0 Å². The topological polar surface area (TPSA) is 114 Å². The second-order valence-electron chi connectivity index (χ2n) is 6.36. The lowest BCUT2D eigenvalue weighted by molar-refractivity contribution is -0.145. The Morgan fingerprint density at radius 2 is 1.70 bits per heavy atom. The summed E-state index contributed by atoms with van der Waals surface area (Å²) in [7, 11) is 1.20. The van der Waals surface area contributed by atoms with Gasteiger partial charge in [0, 0.05) is 11.4 Å². The molecule has 2 aromatic carbocycles. The van der Waals surface area contributed by atoms with Gasteiger partial charge in [-0.25, -0.2) is 9.59 Å². The average Bonchev–Trinajstić information content (AvgIpc) is 2.75. The first-order chi connectivity index (χ1) is 14.4. The zero-order valence-electron chi connectivity index (χ0n) is 16.3. The molecule has 160 valence electrons. The number of esters is 1. The Kier molecular flexibility index (Phi) is 9.11. The Morgan fingerprint density at radius 3 is 2.33 bits per heavy atom. The van der Waals surface area contributed by atoms with Crippen LogP contribution in [0.15, 0.2) is 54.6 Å². The number of ether oxygens (including phenoxy) is 2. The highest BCUT2D eigenvalue weighted by Gasteiger charge is 2.27. The van der Waals surface area contributed by atoms with Crippen molar-refractivity contribution in [2.75, 3.05) is 13.7 Å². The van der Waals surface area contributed by atoms with E-state index in [0.717, 1.165) is 5.56 Å². The highest BCUT2D eigenvalue weighted by Crippen LogP contribution is 2.13. The third-order valence-electron chi connectivity index (χ3n) is 4.13. The predicted octanol–water partition coefficient (Wildman–Crippen LogP) is 1.83. The van der Waals surface area contributed by atoms with Crippen molar-refractivity contribution >= 4 is 29.6 Å². The number of rotatable bonds is 9. The SMILES string of the molecule is COC(=O)[C@H](Cc1cccc(Cl)c1)NC(=O)[C@H](CO)NC(=O)OCc1ccccc1. The monoisotopic (exact) mass is 434 g/mol. The molecule has 0 aliphatic rings. The molecular formula is C21H23ClN2O6. The first-order valence-corrected chi connectivity index (χ1v) is 9.51. The van der Waals surface area contributed by atoms with Crippen LogP contribution < -0.4 is 10.6 Å². The summed E-state index contributed by atoms with van der Waals surface area (Å²) in [5.41, 5.74) is 1.47. The summed E-state index contributed by atoms with van der Waals surface area (Å²) < 4.78 is 9.78. The van der Waals surface area contributed by atoms with Crippen LogP contribution >= 0.6 is 11.6 Å². The van der Waals surface area contributed by atoms with Gasteiger partial charge in [0.2, 0.25) is 5.91 Å². The quantitative estimate of drug-likeness (QED) is 0.519. The molecule has 2 rings (SSSR count). The third-order valence-corrected chi connectivity index (χ3v) is 4.37. The maximum atomic E-state index is 12.5. The van der Waals surface area contributed by atoms with Crippen molar-refractivity contribution in [2.24, 2.45) is 0 Å². The van der Waals surface area contributed by atoms with Crippen LogP contribution in [0.1, 0.15) is 11.1 Å². The fraction of sp³-hybridized carbons (Fsp3) is 0.286. The van der Waals surface area contributed by atoms with Gasteiger partial charge in [0.25, 0.3) is 0 Å². The number of aliphatic hydroxyl groups is 1. The Bertz CT molecular complexity index is 862. The van der Waals surface area contributed by atoms with Gasteiger partial charge in [-0.3, -0.25) is 4.79 Å². The van der Waals surface area contributed by atoms with Crippen LogP contribution in [-0.2, 0) is 32.1 Å². The maximum absolute atomic E-state index is 12.5. The number of carbonyl (C=O) groups excluding carboxylic acids is 3. The number of carbonyl (C=O) groups is 3. The lowest BCUT2D eigenvalue weighted by Gasteiger charge is -2.21. The van der Waals surface area contributed by atoms with Crippen LogP contribution in [0.3, 0.4) is 0 Å². The van der Waals surface area contributed by atoms with Gasteiger partial charge in [0.1, 0.15) is 18.7 Å². The Morgan fingerprint density at radius 1 is 1.00 bits per heavy atom. The minimum absolute atomic E-state index is 0.00595. The molecule has 0 unspecified atom stereocenters. The van der Waals surface area contributed by atoms with Crippen molar-refractivity contribution in [2.45, 2.75) is 25.1 Å². The average molecular weight is 435 g/mol. The van der Waals surface area contributed by atoms with Crippen molar-refractivity contribution < 1.29 is 29.0 Å². The van der Waals surface area contributed by atoms with Gasteiger partial charge in [-0.1, -0.05) is 54.1 Å². The molecule has 0 bridgehead atoms. The van der Waals surface area contributed by atoms with Crippen LogP contribution in [0.4, 0.5) is 4.79 Å². The smallest absolute Gasteiger partial charge is 0.408 e. The molecule has 8 nitrogen and oxygen atoms in total. The summed E-state index contributed by atoms with van der Waals surface area (Å²) in [6.45, 7) is -0.677. The number of benzene rings is 2. The molecule has 0 radical (unpaired) electrons. The van der Waals surface area contributed by atoms with E-state index in [1.165, 1.54) is 7.11 Å². The largest absolute Gasteiger partial charge is 0.467 e. The van der Waals surface area contributed by atoms with Crippen LogP contribution in [-0.4, -0.2) is 48.9 Å². The number of hydrogen-bond acceptors (Lipinski definition) is 6. The van der Waals surface area contributed by atoms with Crippen LogP contribution in [0.25, 0.3) is 0 Å². The summed E-state index contributed by atoms with van der Waals surface area (Å²) in [5.74, 6) is -1.43. The second kappa shape index (κ2) is 11.8. The van der Waals surface area contributed by atoms with Crippen LogP contribution in [0.5, 0.6) is 0 Å². The molecule has 2 amide bonds. The van der Waals surface area contributed by atoms with E-state index in [2.05, 4.69) is 10.6 Å². The minimum atomic E-state index is -1.31. The number of nitrogens with one attached hydrogen (secondary N) is 2. The van der Waals surface area contributed by atoms with Gasteiger partial charge in [-0.05, 0) is 23.3 Å². The van der Waals surface area contributed by atoms with Crippen LogP contribution in [0, 0.1) is 0 Å². The van der Waals surface area contributed by atoms with Gasteiger partial charge in [-0.2, -0.15) is 0 Å². The number of amides is 2. The van der Waals surface area contributed by atoms with E-state index in [0.29, 0.717) is 10.6 Å². The summed E-state index contributed by atoms with van der Waals surface area (Å²) >= 11 is 5.95. The Hall–Kier alpha value is -3.10. The molecule has 0 heterocycles. The van der Waals surface area contributed by atoms with Crippen molar-refractivity contribution in [1.29, 1.82) is 0 Å². The molecule has 3 N–H and O–H groups in total. The van der Waals surface area contributed by atoms with Gasteiger partial charge in [0.15, 0.2) is 0 Å². The van der Waals surface area contributed by atoms with E-state index in [1.54, 1.807) is 48.5 Å². The van der Waals surface area contributed by atoms with E-state index in [1.807, 2.05) is 6.07 Å². The number of aliphatic hydroxyl groups excluding tert-OH is 1. The highest BCUT2D eigenvalue weighted by atomic mass is 35.5. The number of alkyl carbamates (subject to hydrolysis) is 1. The lowest BCUT2D eigenvalue weighted by atomic mass is 10.1. The van der Waals surface area contributed by atoms with Crippen LogP contribution in [0.2, 0.25) is 5.02 Å². The van der Waals surface area contributed by atoms with Crippen molar-refractivity contribution in [1.82, 2.24) is 10.6 Å². The van der Waals surface area contributed by atoms with Gasteiger partial charge < -0.3 is 25.2 Å². The molecular weight excluding hydrogens is 412 g/mol. The summed E-state index contributed by atoms with van der Waals surface area (Å²) in [4.78, 5) is 36.5. The van der Waals surface area contributed by atoms with E-state index in [-0.39, 0.29) is 13.0 Å². The highest BCUT2D eigenvalue weighted by molar-refractivity contribution is 6.30. The molecule has 2 aromatic rings. The van der Waals surface area contributed by atoms with Crippen molar-refractivity contribution in [3.05, 3.63) is 70.7 Å². The van der Waals surface area contributed by atoms with Gasteiger partial charge in [0.05, 0.1) is 13.7 Å². The summed E-state index contributed by atoms with van der Waals surface area (Å²) in [6.07, 6.45) is -0.757. The molecule has 0 saturated carbocycles. The Labute approximate surface area is 179 Å². The lowest BCUT2D eigenvalue weighted by Crippen LogP contribution is -2.54. The zero-order chi connectivity index (χ0) is 21.9. The summed E-state index contributed by atoms with van der Waals surface area (Å²) in [6, 6.07) is 13.5. The molecule has 0 fully saturated rings. The number of hydrogen-bond donors (Lipinski definition) is 3.